The SMILES string of the molecule is CCn1nc[n+](CC)c1N=Nc1ccc(CCCCCCCc2ccc(N=Nc3n(CC)nc[n+]3CC)cc2)cc1. The van der Waals surface area contributed by atoms with E-state index in [1.54, 1.807) is 12.7 Å². The Morgan fingerprint density at radius 2 is 0.927 bits per heavy atom. The predicted molar refractivity (Wildman–Crippen MR) is 159 cm³/mol. The van der Waals surface area contributed by atoms with E-state index in [1.165, 1.54) is 43.2 Å². The number of aryl methyl sites for hydroxylation is 6. The van der Waals surface area contributed by atoms with Crippen molar-refractivity contribution in [3.8, 4) is 0 Å². The Morgan fingerprint density at radius 1 is 0.537 bits per heavy atom. The summed E-state index contributed by atoms with van der Waals surface area (Å²) in [7, 11) is 0. The quantitative estimate of drug-likeness (QED) is 0.0823. The van der Waals surface area contributed by atoms with E-state index in [1.807, 2.05) is 18.5 Å². The van der Waals surface area contributed by atoms with Crippen LogP contribution < -0.4 is 9.13 Å². The monoisotopic (exact) mass is 556 g/mol. The van der Waals surface area contributed by atoms with E-state index in [9.17, 15) is 0 Å². The Hall–Kier alpha value is -4.08. The van der Waals surface area contributed by atoms with Gasteiger partial charge in [-0.05, 0) is 99.0 Å². The molecule has 0 bridgehead atoms. The smallest absolute Gasteiger partial charge is 0.223 e. The van der Waals surface area contributed by atoms with Crippen LogP contribution in [0.1, 0.15) is 70.9 Å². The molecule has 2 heterocycles. The Labute approximate surface area is 243 Å². The molecule has 10 nitrogen and oxygen atoms in total. The topological polar surface area (TPSA) is 92.8 Å². The first-order valence-corrected chi connectivity index (χ1v) is 15.1. The number of unbranched alkanes of at least 4 members (excludes halogenated alkanes) is 4. The predicted octanol–water partition coefficient (Wildman–Crippen LogP) is 7.30. The molecule has 0 spiro atoms. The lowest BCUT2D eigenvalue weighted by Gasteiger charge is -2.04. The van der Waals surface area contributed by atoms with Gasteiger partial charge in [0, 0.05) is 10.2 Å². The van der Waals surface area contributed by atoms with Gasteiger partial charge in [0.25, 0.3) is 0 Å². The fourth-order valence-corrected chi connectivity index (χ4v) is 4.71. The Kier molecular flexibility index (Phi) is 11.4. The maximum absolute atomic E-state index is 4.44. The first kappa shape index (κ1) is 29.9. The van der Waals surface area contributed by atoms with Crippen molar-refractivity contribution < 1.29 is 9.13 Å². The number of azo groups is 2. The molecule has 216 valence electrons. The van der Waals surface area contributed by atoms with Crippen molar-refractivity contribution in [1.82, 2.24) is 19.6 Å². The number of rotatable bonds is 16. The standard InChI is InChI=1S/C31H44N10/c1-5-38-24-32-40(7-3)30(38)36-34-28-20-16-26(17-21-28)14-12-10-9-11-13-15-27-18-22-29(23-19-27)35-37-31-39(6-2)25-33-41(31)8-4/h16-25H,5-15H2,1-4H3/q+2. The molecule has 0 atom stereocenters. The minimum atomic E-state index is 0.772. The number of aromatic nitrogens is 6. The van der Waals surface area contributed by atoms with Crippen molar-refractivity contribution in [2.24, 2.45) is 20.5 Å². The maximum Gasteiger partial charge on any atom is 0.403 e. The summed E-state index contributed by atoms with van der Waals surface area (Å²) >= 11 is 0. The van der Waals surface area contributed by atoms with E-state index in [-0.39, 0.29) is 0 Å². The van der Waals surface area contributed by atoms with E-state index in [0.717, 1.165) is 62.3 Å². The lowest BCUT2D eigenvalue weighted by molar-refractivity contribution is -0.681. The zero-order chi connectivity index (χ0) is 28.9. The minimum absolute atomic E-state index is 0.772. The third-order valence-corrected chi connectivity index (χ3v) is 7.23. The lowest BCUT2D eigenvalue weighted by atomic mass is 10.0. The highest BCUT2D eigenvalue weighted by atomic mass is 15.4. The molecule has 0 aliphatic rings. The van der Waals surface area contributed by atoms with Gasteiger partial charge in [0.05, 0.1) is 37.6 Å². The fraction of sp³-hybridized carbons (Fsp3) is 0.484. The van der Waals surface area contributed by atoms with E-state index in [4.69, 9.17) is 0 Å². The first-order chi connectivity index (χ1) is 20.1. The van der Waals surface area contributed by atoms with Crippen LogP contribution in [0.3, 0.4) is 0 Å². The van der Waals surface area contributed by atoms with Crippen LogP contribution in [0.15, 0.2) is 81.6 Å². The molecule has 0 saturated heterocycles. The molecule has 0 aliphatic carbocycles. The number of nitrogens with zero attached hydrogens (tertiary/aromatic N) is 10. The number of benzene rings is 2. The molecule has 0 N–H and O–H groups in total. The van der Waals surface area contributed by atoms with Crippen molar-refractivity contribution >= 4 is 23.3 Å². The Bertz CT molecular complexity index is 1250. The van der Waals surface area contributed by atoms with Crippen LogP contribution in [0.5, 0.6) is 0 Å². The summed E-state index contributed by atoms with van der Waals surface area (Å²) in [5.74, 6) is 1.55. The maximum atomic E-state index is 4.44. The van der Waals surface area contributed by atoms with Crippen LogP contribution in [0.25, 0.3) is 0 Å². The Balaban J connectivity index is 1.13. The minimum Gasteiger partial charge on any atom is -0.223 e. The van der Waals surface area contributed by atoms with Crippen molar-refractivity contribution in [2.75, 3.05) is 0 Å². The summed E-state index contributed by atoms with van der Waals surface area (Å²) in [6.07, 6.45) is 12.0. The van der Waals surface area contributed by atoms with Gasteiger partial charge >= 0.3 is 11.9 Å². The van der Waals surface area contributed by atoms with E-state index in [2.05, 4.69) is 107 Å². The van der Waals surface area contributed by atoms with Crippen LogP contribution in [0, 0.1) is 0 Å². The van der Waals surface area contributed by atoms with Gasteiger partial charge in [0.1, 0.15) is 0 Å². The van der Waals surface area contributed by atoms with Gasteiger partial charge in [0.2, 0.25) is 12.7 Å². The molecule has 10 heteroatoms. The summed E-state index contributed by atoms with van der Waals surface area (Å²) in [4.78, 5) is 0. The van der Waals surface area contributed by atoms with Crippen molar-refractivity contribution in [1.29, 1.82) is 0 Å². The second kappa shape index (κ2) is 15.6. The first-order valence-electron chi connectivity index (χ1n) is 15.1. The van der Waals surface area contributed by atoms with Crippen LogP contribution in [-0.2, 0) is 39.0 Å². The summed E-state index contributed by atoms with van der Waals surface area (Å²) in [6.45, 7) is 11.5. The second-order valence-corrected chi connectivity index (χ2v) is 10.1. The Morgan fingerprint density at radius 3 is 1.29 bits per heavy atom. The zero-order valence-electron chi connectivity index (χ0n) is 25.0. The van der Waals surface area contributed by atoms with Crippen molar-refractivity contribution in [2.45, 2.75) is 98.8 Å². The zero-order valence-corrected chi connectivity index (χ0v) is 25.0. The van der Waals surface area contributed by atoms with Crippen LogP contribution in [0.4, 0.5) is 23.3 Å². The highest BCUT2D eigenvalue weighted by molar-refractivity contribution is 5.39. The lowest BCUT2D eigenvalue weighted by Crippen LogP contribution is -2.30. The number of hydrogen-bond acceptors (Lipinski definition) is 6. The largest absolute Gasteiger partial charge is 0.403 e. The highest BCUT2D eigenvalue weighted by Gasteiger charge is 2.16. The van der Waals surface area contributed by atoms with Gasteiger partial charge < -0.3 is 0 Å². The van der Waals surface area contributed by atoms with Gasteiger partial charge in [-0.3, -0.25) is 0 Å². The molecule has 4 rings (SSSR count). The summed E-state index contributed by atoms with van der Waals surface area (Å²) in [5, 5.41) is 26.4. The van der Waals surface area contributed by atoms with Gasteiger partial charge in [-0.1, -0.05) is 53.8 Å². The van der Waals surface area contributed by atoms with Crippen LogP contribution in [-0.4, -0.2) is 19.6 Å². The summed E-state index contributed by atoms with van der Waals surface area (Å²) in [5.41, 5.74) is 4.44. The summed E-state index contributed by atoms with van der Waals surface area (Å²) in [6, 6.07) is 16.9. The molecule has 41 heavy (non-hydrogen) atoms. The van der Waals surface area contributed by atoms with Gasteiger partial charge in [-0.15, -0.1) is 9.36 Å². The second-order valence-electron chi connectivity index (χ2n) is 10.1. The summed E-state index contributed by atoms with van der Waals surface area (Å²) < 4.78 is 7.71. The molecule has 0 fully saturated rings. The molecular formula is C31H44N10+2. The average Bonchev–Trinajstić information content (AvgIpc) is 3.62. The van der Waals surface area contributed by atoms with Gasteiger partial charge in [-0.25, -0.2) is 9.13 Å². The highest BCUT2D eigenvalue weighted by Crippen LogP contribution is 2.20. The van der Waals surface area contributed by atoms with Crippen LogP contribution >= 0.6 is 0 Å². The molecule has 0 radical (unpaired) electrons. The fourth-order valence-electron chi connectivity index (χ4n) is 4.71. The molecule has 0 amide bonds. The normalized spacial score (nSPS) is 11.8. The van der Waals surface area contributed by atoms with Crippen molar-refractivity contribution in [3.63, 3.8) is 0 Å². The van der Waals surface area contributed by atoms with E-state index in [0.29, 0.717) is 0 Å². The van der Waals surface area contributed by atoms with E-state index < -0.39 is 0 Å². The third-order valence-electron chi connectivity index (χ3n) is 7.23. The van der Waals surface area contributed by atoms with Gasteiger partial charge in [-0.2, -0.15) is 0 Å². The average molecular weight is 557 g/mol. The molecule has 2 aromatic heterocycles. The van der Waals surface area contributed by atoms with Crippen LogP contribution in [0.2, 0.25) is 0 Å². The van der Waals surface area contributed by atoms with E-state index >= 15 is 0 Å². The van der Waals surface area contributed by atoms with Gasteiger partial charge in [0.15, 0.2) is 0 Å². The molecule has 0 saturated carbocycles. The molecule has 0 aliphatic heterocycles. The molecular weight excluding hydrogens is 512 g/mol. The van der Waals surface area contributed by atoms with Crippen molar-refractivity contribution in [3.05, 3.63) is 72.3 Å². The number of hydrogen-bond donors (Lipinski definition) is 0. The molecule has 0 unspecified atom stereocenters. The molecule has 2 aromatic carbocycles. The molecule has 4 aromatic rings. The third kappa shape index (κ3) is 8.45.